The van der Waals surface area contributed by atoms with Crippen LogP contribution in [0.2, 0.25) is 0 Å². The van der Waals surface area contributed by atoms with Crippen molar-refractivity contribution < 1.29 is 14.3 Å². The number of carbonyl (C=O) groups excluding carboxylic acids is 1. The Morgan fingerprint density at radius 3 is 3.00 bits per heavy atom. The molecule has 0 aromatic carbocycles. The third-order valence-corrected chi connectivity index (χ3v) is 2.32. The fraction of sp³-hybridized carbons (Fsp3) is 0.900. The number of amides is 2. The number of ether oxygens (including phenoxy) is 2. The molecular weight excluding hydrogens is 196 g/mol. The molecule has 0 bridgehead atoms. The monoisotopic (exact) mass is 216 g/mol. The maximum Gasteiger partial charge on any atom is 0.317 e. The van der Waals surface area contributed by atoms with Gasteiger partial charge in [-0.1, -0.05) is 0 Å². The Morgan fingerprint density at radius 1 is 1.40 bits per heavy atom. The van der Waals surface area contributed by atoms with E-state index in [1.54, 1.807) is 7.11 Å². The van der Waals surface area contributed by atoms with Gasteiger partial charge in [-0.15, -0.1) is 0 Å². The zero-order chi connectivity index (χ0) is 10.9. The topological polar surface area (TPSA) is 50.8 Å². The van der Waals surface area contributed by atoms with Crippen molar-refractivity contribution in [2.75, 3.05) is 46.6 Å². The first kappa shape index (κ1) is 12.3. The molecule has 1 N–H and O–H groups in total. The van der Waals surface area contributed by atoms with Gasteiger partial charge in [0.05, 0.1) is 13.2 Å². The van der Waals surface area contributed by atoms with Gasteiger partial charge in [-0.2, -0.15) is 0 Å². The van der Waals surface area contributed by atoms with Crippen LogP contribution in [0.1, 0.15) is 12.8 Å². The largest absolute Gasteiger partial charge is 0.382 e. The van der Waals surface area contributed by atoms with Crippen molar-refractivity contribution in [3.63, 3.8) is 0 Å². The van der Waals surface area contributed by atoms with Crippen molar-refractivity contribution in [1.29, 1.82) is 0 Å². The van der Waals surface area contributed by atoms with Gasteiger partial charge < -0.3 is 19.7 Å². The Kier molecular flexibility index (Phi) is 6.11. The molecule has 1 heterocycles. The van der Waals surface area contributed by atoms with Crippen LogP contribution in [0.5, 0.6) is 0 Å². The number of carbonyl (C=O) groups is 1. The highest BCUT2D eigenvalue weighted by Gasteiger charge is 2.15. The van der Waals surface area contributed by atoms with E-state index in [2.05, 4.69) is 5.32 Å². The highest BCUT2D eigenvalue weighted by molar-refractivity contribution is 5.74. The number of hydrogen-bond acceptors (Lipinski definition) is 3. The van der Waals surface area contributed by atoms with Crippen LogP contribution in [-0.2, 0) is 9.47 Å². The zero-order valence-electron chi connectivity index (χ0n) is 9.33. The molecule has 1 fully saturated rings. The molecule has 0 saturated carbocycles. The second kappa shape index (κ2) is 7.48. The van der Waals surface area contributed by atoms with Gasteiger partial charge in [0.2, 0.25) is 0 Å². The molecule has 0 spiro atoms. The molecule has 1 saturated heterocycles. The molecule has 5 nitrogen and oxygen atoms in total. The van der Waals surface area contributed by atoms with Gasteiger partial charge in [-0.3, -0.25) is 0 Å². The van der Waals surface area contributed by atoms with Gasteiger partial charge in [0.25, 0.3) is 0 Å². The summed E-state index contributed by atoms with van der Waals surface area (Å²) in [5.74, 6) is 0. The minimum Gasteiger partial charge on any atom is -0.382 e. The summed E-state index contributed by atoms with van der Waals surface area (Å²) in [7, 11) is 1.65. The van der Waals surface area contributed by atoms with Crippen molar-refractivity contribution in [2.24, 2.45) is 0 Å². The van der Waals surface area contributed by atoms with Crippen molar-refractivity contribution >= 4 is 6.03 Å². The van der Waals surface area contributed by atoms with Gasteiger partial charge >= 0.3 is 6.03 Å². The van der Waals surface area contributed by atoms with E-state index in [-0.39, 0.29) is 6.03 Å². The summed E-state index contributed by atoms with van der Waals surface area (Å²) >= 11 is 0. The maximum atomic E-state index is 11.3. The number of nitrogens with zero attached hydrogens (tertiary/aromatic N) is 1. The van der Waals surface area contributed by atoms with Gasteiger partial charge in [-0.25, -0.2) is 4.79 Å². The molecular formula is C10H20N2O3. The molecule has 1 aliphatic rings. The molecule has 0 unspecified atom stereocenters. The second-order valence-electron chi connectivity index (χ2n) is 3.53. The van der Waals surface area contributed by atoms with E-state index in [9.17, 15) is 4.79 Å². The van der Waals surface area contributed by atoms with Crippen LogP contribution in [-0.4, -0.2) is 57.5 Å². The first-order valence-electron chi connectivity index (χ1n) is 5.44. The SMILES string of the molecule is COCCOCCCN1CCCNC1=O. The van der Waals surface area contributed by atoms with Crippen LogP contribution in [0.15, 0.2) is 0 Å². The highest BCUT2D eigenvalue weighted by Crippen LogP contribution is 2.00. The molecule has 5 heteroatoms. The number of nitrogens with one attached hydrogen (secondary N) is 1. The lowest BCUT2D eigenvalue weighted by Crippen LogP contribution is -2.46. The van der Waals surface area contributed by atoms with Crippen LogP contribution >= 0.6 is 0 Å². The molecule has 0 atom stereocenters. The minimum absolute atomic E-state index is 0.0538. The molecule has 2 amide bonds. The zero-order valence-corrected chi connectivity index (χ0v) is 9.33. The van der Waals surface area contributed by atoms with E-state index >= 15 is 0 Å². The summed E-state index contributed by atoms with van der Waals surface area (Å²) in [4.78, 5) is 13.2. The maximum absolute atomic E-state index is 11.3. The van der Waals surface area contributed by atoms with Crippen LogP contribution in [0, 0.1) is 0 Å². The van der Waals surface area contributed by atoms with Crippen molar-refractivity contribution in [3.05, 3.63) is 0 Å². The summed E-state index contributed by atoms with van der Waals surface area (Å²) in [6.07, 6.45) is 1.92. The molecule has 0 aliphatic carbocycles. The Morgan fingerprint density at radius 2 is 2.27 bits per heavy atom. The third kappa shape index (κ3) is 4.99. The van der Waals surface area contributed by atoms with E-state index in [4.69, 9.17) is 9.47 Å². The Balaban J connectivity index is 1.96. The third-order valence-electron chi connectivity index (χ3n) is 2.32. The number of rotatable bonds is 7. The average Bonchev–Trinajstić information content (AvgIpc) is 2.25. The van der Waals surface area contributed by atoms with Crippen LogP contribution in [0.4, 0.5) is 4.79 Å². The molecule has 0 radical (unpaired) electrons. The molecule has 0 aromatic rings. The van der Waals surface area contributed by atoms with Gasteiger partial charge in [-0.05, 0) is 12.8 Å². The molecule has 0 aromatic heterocycles. The smallest absolute Gasteiger partial charge is 0.317 e. The van der Waals surface area contributed by atoms with E-state index < -0.39 is 0 Å². The van der Waals surface area contributed by atoms with E-state index in [0.29, 0.717) is 19.8 Å². The van der Waals surface area contributed by atoms with Gasteiger partial charge in [0, 0.05) is 33.4 Å². The average molecular weight is 216 g/mol. The van der Waals surface area contributed by atoms with Crippen LogP contribution < -0.4 is 5.32 Å². The second-order valence-corrected chi connectivity index (χ2v) is 3.53. The highest BCUT2D eigenvalue weighted by atomic mass is 16.5. The lowest BCUT2D eigenvalue weighted by Gasteiger charge is -2.27. The standard InChI is InChI=1S/C10H20N2O3/c1-14-8-9-15-7-3-6-12-5-2-4-11-10(12)13/h2-9H2,1H3,(H,11,13). The summed E-state index contributed by atoms with van der Waals surface area (Å²) < 4.78 is 10.2. The van der Waals surface area contributed by atoms with E-state index in [1.165, 1.54) is 0 Å². The first-order chi connectivity index (χ1) is 7.34. The fourth-order valence-corrected chi connectivity index (χ4v) is 1.49. The summed E-state index contributed by atoms with van der Waals surface area (Å²) in [6.45, 7) is 4.39. The summed E-state index contributed by atoms with van der Waals surface area (Å²) in [5.41, 5.74) is 0. The summed E-state index contributed by atoms with van der Waals surface area (Å²) in [6, 6.07) is 0.0538. The van der Waals surface area contributed by atoms with Crippen molar-refractivity contribution in [3.8, 4) is 0 Å². The molecule has 15 heavy (non-hydrogen) atoms. The van der Waals surface area contributed by atoms with Crippen LogP contribution in [0.25, 0.3) is 0 Å². The number of methoxy groups -OCH3 is 1. The Hall–Kier alpha value is -0.810. The van der Waals surface area contributed by atoms with Gasteiger partial charge in [0.1, 0.15) is 0 Å². The number of hydrogen-bond donors (Lipinski definition) is 1. The first-order valence-corrected chi connectivity index (χ1v) is 5.44. The normalized spacial score (nSPS) is 16.6. The molecule has 88 valence electrons. The quantitative estimate of drug-likeness (QED) is 0.629. The minimum atomic E-state index is 0.0538. The number of urea groups is 1. The molecule has 1 aliphatic heterocycles. The van der Waals surface area contributed by atoms with Crippen molar-refractivity contribution in [1.82, 2.24) is 10.2 Å². The fourth-order valence-electron chi connectivity index (χ4n) is 1.49. The predicted octanol–water partition coefficient (Wildman–Crippen LogP) is 0.455. The van der Waals surface area contributed by atoms with E-state index in [0.717, 1.165) is 32.5 Å². The summed E-state index contributed by atoms with van der Waals surface area (Å²) in [5, 5.41) is 2.82. The Bertz CT molecular complexity index is 188. The van der Waals surface area contributed by atoms with Gasteiger partial charge in [0.15, 0.2) is 0 Å². The lowest BCUT2D eigenvalue weighted by atomic mass is 10.3. The predicted molar refractivity (Wildman–Crippen MR) is 56.9 cm³/mol. The van der Waals surface area contributed by atoms with E-state index in [1.807, 2.05) is 4.90 Å². The van der Waals surface area contributed by atoms with Crippen molar-refractivity contribution in [2.45, 2.75) is 12.8 Å². The van der Waals surface area contributed by atoms with Crippen LogP contribution in [0.3, 0.4) is 0 Å². The lowest BCUT2D eigenvalue weighted by molar-refractivity contribution is 0.0660. The Labute approximate surface area is 90.7 Å². The molecule has 1 rings (SSSR count).